The molecule has 2 saturated carbocycles. The zero-order valence-electron chi connectivity index (χ0n) is 15.7. The van der Waals surface area contributed by atoms with Gasteiger partial charge in [0.15, 0.2) is 5.79 Å². The van der Waals surface area contributed by atoms with E-state index < -0.39 is 0 Å². The van der Waals surface area contributed by atoms with Crippen LogP contribution in [-0.2, 0) is 14.2 Å². The second-order valence-corrected chi connectivity index (χ2v) is 8.46. The number of methoxy groups -OCH3 is 3. The second-order valence-electron chi connectivity index (χ2n) is 8.46. The largest absolute Gasteiger partial charge is 0.501 e. The molecule has 4 aliphatic rings. The zero-order valence-corrected chi connectivity index (χ0v) is 15.7. The number of rotatable bonds is 3. The highest BCUT2D eigenvalue weighted by Crippen LogP contribution is 2.65. The van der Waals surface area contributed by atoms with E-state index in [-0.39, 0.29) is 11.2 Å². The topological polar surface area (TPSA) is 27.7 Å². The molecule has 0 aliphatic heterocycles. The summed E-state index contributed by atoms with van der Waals surface area (Å²) in [6.07, 6.45) is 11.9. The van der Waals surface area contributed by atoms with Crippen molar-refractivity contribution in [3.63, 3.8) is 0 Å². The van der Waals surface area contributed by atoms with Crippen LogP contribution in [0.2, 0.25) is 0 Å². The van der Waals surface area contributed by atoms with Crippen LogP contribution in [0.4, 0.5) is 0 Å². The summed E-state index contributed by atoms with van der Waals surface area (Å²) in [7, 11) is 5.48. The highest BCUT2D eigenvalue weighted by atomic mass is 16.7. The molecule has 4 rings (SSSR count). The van der Waals surface area contributed by atoms with Crippen molar-refractivity contribution in [1.82, 2.24) is 0 Å². The Kier molecular flexibility index (Phi) is 4.08. The van der Waals surface area contributed by atoms with Crippen molar-refractivity contribution in [2.24, 2.45) is 23.2 Å². The molecule has 0 saturated heterocycles. The van der Waals surface area contributed by atoms with Crippen LogP contribution >= 0.6 is 0 Å². The van der Waals surface area contributed by atoms with E-state index in [0.717, 1.165) is 37.0 Å². The lowest BCUT2D eigenvalue weighted by atomic mass is 9.54. The number of ether oxygens (including phenoxy) is 3. The van der Waals surface area contributed by atoms with E-state index in [2.05, 4.69) is 13.0 Å². The van der Waals surface area contributed by atoms with E-state index in [1.807, 2.05) is 21.3 Å². The average molecular weight is 332 g/mol. The molecule has 0 aromatic carbocycles. The molecule has 3 nitrogen and oxygen atoms in total. The van der Waals surface area contributed by atoms with Crippen LogP contribution in [0.25, 0.3) is 0 Å². The molecule has 0 bridgehead atoms. The number of hydrogen-bond acceptors (Lipinski definition) is 3. The molecular formula is C21H32O3. The summed E-state index contributed by atoms with van der Waals surface area (Å²) in [4.78, 5) is 0. The lowest BCUT2D eigenvalue weighted by molar-refractivity contribution is -0.275. The maximum atomic E-state index is 5.98. The first-order valence-electron chi connectivity index (χ1n) is 9.62. The minimum Gasteiger partial charge on any atom is -0.501 e. The third kappa shape index (κ3) is 2.10. The summed E-state index contributed by atoms with van der Waals surface area (Å²) >= 11 is 0. The van der Waals surface area contributed by atoms with Crippen molar-refractivity contribution in [2.45, 2.75) is 64.1 Å². The van der Waals surface area contributed by atoms with E-state index in [9.17, 15) is 0 Å². The zero-order chi connectivity index (χ0) is 16.9. The molecule has 3 heteroatoms. The van der Waals surface area contributed by atoms with Gasteiger partial charge in [-0.3, -0.25) is 0 Å². The minimum absolute atomic E-state index is 0.165. The maximum absolute atomic E-state index is 5.98. The van der Waals surface area contributed by atoms with E-state index in [1.54, 1.807) is 11.1 Å². The van der Waals surface area contributed by atoms with Crippen LogP contribution < -0.4 is 0 Å². The fourth-order valence-electron chi connectivity index (χ4n) is 6.76. The molecule has 0 unspecified atom stereocenters. The van der Waals surface area contributed by atoms with Gasteiger partial charge in [-0.15, -0.1) is 0 Å². The molecule has 0 amide bonds. The highest BCUT2D eigenvalue weighted by molar-refractivity contribution is 5.32. The fourth-order valence-corrected chi connectivity index (χ4v) is 6.76. The molecule has 0 aromatic heterocycles. The third-order valence-corrected chi connectivity index (χ3v) is 8.02. The van der Waals surface area contributed by atoms with Crippen molar-refractivity contribution < 1.29 is 14.2 Å². The molecule has 0 radical (unpaired) electrons. The predicted molar refractivity (Wildman–Crippen MR) is 94.4 cm³/mol. The second kappa shape index (κ2) is 5.88. The average Bonchev–Trinajstić information content (AvgIpc) is 2.93. The van der Waals surface area contributed by atoms with Crippen LogP contribution in [0, 0.1) is 23.2 Å². The van der Waals surface area contributed by atoms with Crippen LogP contribution in [0.15, 0.2) is 23.0 Å². The Hall–Kier alpha value is -0.800. The van der Waals surface area contributed by atoms with Crippen LogP contribution in [0.1, 0.15) is 58.3 Å². The van der Waals surface area contributed by atoms with Crippen molar-refractivity contribution >= 4 is 0 Å². The molecule has 0 aromatic rings. The van der Waals surface area contributed by atoms with Gasteiger partial charge in [0.1, 0.15) is 0 Å². The molecule has 4 atom stereocenters. The SMILES string of the molecule is COC1=CCC2=C(CC[C@@H]3[C@@H]2CC[C@@]2(C)[C@H]3CCC2(OC)OC)C1. The summed E-state index contributed by atoms with van der Waals surface area (Å²) < 4.78 is 17.5. The Morgan fingerprint density at radius 2 is 1.83 bits per heavy atom. The molecule has 24 heavy (non-hydrogen) atoms. The van der Waals surface area contributed by atoms with Gasteiger partial charge in [-0.05, 0) is 62.4 Å². The summed E-state index contributed by atoms with van der Waals surface area (Å²) in [6.45, 7) is 2.43. The van der Waals surface area contributed by atoms with Gasteiger partial charge < -0.3 is 14.2 Å². The summed E-state index contributed by atoms with van der Waals surface area (Å²) in [5.74, 6) is 3.13. The van der Waals surface area contributed by atoms with Gasteiger partial charge in [0.2, 0.25) is 0 Å². The van der Waals surface area contributed by atoms with Crippen LogP contribution in [0.5, 0.6) is 0 Å². The quantitative estimate of drug-likeness (QED) is 0.547. The van der Waals surface area contributed by atoms with E-state index in [4.69, 9.17) is 14.2 Å². The molecule has 0 spiro atoms. The van der Waals surface area contributed by atoms with E-state index >= 15 is 0 Å². The molecule has 134 valence electrons. The summed E-state index contributed by atoms with van der Waals surface area (Å²) in [5.41, 5.74) is 3.60. The maximum Gasteiger partial charge on any atom is 0.173 e. The smallest absolute Gasteiger partial charge is 0.173 e. The summed E-state index contributed by atoms with van der Waals surface area (Å²) in [5, 5.41) is 0. The van der Waals surface area contributed by atoms with Crippen molar-refractivity contribution in [2.75, 3.05) is 21.3 Å². The predicted octanol–water partition coefficient (Wildman–Crippen LogP) is 4.83. The Morgan fingerprint density at radius 3 is 2.54 bits per heavy atom. The number of fused-ring (bicyclic) bond motifs is 4. The number of allylic oxidation sites excluding steroid dienone is 3. The lowest BCUT2D eigenvalue weighted by Crippen LogP contribution is -2.53. The Labute approximate surface area is 146 Å². The summed E-state index contributed by atoms with van der Waals surface area (Å²) in [6, 6.07) is 0. The van der Waals surface area contributed by atoms with Gasteiger partial charge in [0, 0.05) is 32.5 Å². The van der Waals surface area contributed by atoms with Crippen LogP contribution in [0.3, 0.4) is 0 Å². The van der Waals surface area contributed by atoms with Gasteiger partial charge >= 0.3 is 0 Å². The monoisotopic (exact) mass is 332 g/mol. The standard InChI is InChI=1S/C21H32O3/c1-20-11-9-17-16-8-6-15(22-2)13-14(16)5-7-18(17)19(20)10-12-21(20,23-3)24-4/h6,17-19H,5,7-13H2,1-4H3/t17-,18-,19+,20+/m1/s1. The molecule has 4 aliphatic carbocycles. The first-order valence-corrected chi connectivity index (χ1v) is 9.62. The van der Waals surface area contributed by atoms with Gasteiger partial charge in [-0.25, -0.2) is 0 Å². The first-order chi connectivity index (χ1) is 11.6. The van der Waals surface area contributed by atoms with E-state index in [1.165, 1.54) is 37.9 Å². The Morgan fingerprint density at radius 1 is 1.04 bits per heavy atom. The van der Waals surface area contributed by atoms with E-state index in [0.29, 0.717) is 0 Å². The third-order valence-electron chi connectivity index (χ3n) is 8.02. The Balaban J connectivity index is 1.61. The van der Waals surface area contributed by atoms with Gasteiger partial charge in [0.25, 0.3) is 0 Å². The molecule has 2 fully saturated rings. The van der Waals surface area contributed by atoms with Gasteiger partial charge in [-0.2, -0.15) is 0 Å². The molecular weight excluding hydrogens is 300 g/mol. The Bertz CT molecular complexity index is 572. The van der Waals surface area contributed by atoms with Crippen LogP contribution in [-0.4, -0.2) is 27.1 Å². The normalized spacial score (nSPS) is 40.5. The van der Waals surface area contributed by atoms with Gasteiger partial charge in [0.05, 0.1) is 12.9 Å². The first kappa shape index (κ1) is 16.7. The number of hydrogen-bond donors (Lipinski definition) is 0. The highest BCUT2D eigenvalue weighted by Gasteiger charge is 2.63. The molecule has 0 heterocycles. The van der Waals surface area contributed by atoms with Gasteiger partial charge in [-0.1, -0.05) is 18.1 Å². The van der Waals surface area contributed by atoms with Crippen molar-refractivity contribution in [1.29, 1.82) is 0 Å². The van der Waals surface area contributed by atoms with Crippen molar-refractivity contribution in [3.05, 3.63) is 23.0 Å². The lowest BCUT2D eigenvalue weighted by Gasteiger charge is -2.54. The van der Waals surface area contributed by atoms with Crippen molar-refractivity contribution in [3.8, 4) is 0 Å². The molecule has 0 N–H and O–H groups in total. The minimum atomic E-state index is -0.368. The fraction of sp³-hybridized carbons (Fsp3) is 0.810.